The number of anilines is 1. The van der Waals surface area contributed by atoms with E-state index in [-0.39, 0.29) is 37.8 Å². The molecule has 0 bridgehead atoms. The molecule has 0 spiro atoms. The second-order valence-electron chi connectivity index (χ2n) is 11.7. The molecule has 0 heterocycles. The molecule has 11 nitrogen and oxygen atoms in total. The number of carbonyl (C=O) groups is 4. The van der Waals surface area contributed by atoms with Gasteiger partial charge in [-0.25, -0.2) is 9.59 Å². The maximum absolute atomic E-state index is 13.5. The van der Waals surface area contributed by atoms with Gasteiger partial charge in [0.1, 0.15) is 18.7 Å². The number of carbonyl (C=O) groups excluding carboxylic acids is 4. The number of hydrogen-bond donors (Lipinski definition) is 6. The van der Waals surface area contributed by atoms with Crippen LogP contribution in [-0.2, 0) is 14.3 Å². The lowest BCUT2D eigenvalue weighted by Crippen LogP contribution is -2.54. The first-order valence-corrected chi connectivity index (χ1v) is 15.6. The molecule has 7 N–H and O–H groups in total. The number of aliphatic hydroxyl groups is 1. The fourth-order valence-electron chi connectivity index (χ4n) is 5.60. The predicted octanol–water partition coefficient (Wildman–Crippen LogP) is 4.18. The van der Waals surface area contributed by atoms with Crippen molar-refractivity contribution in [1.82, 2.24) is 16.0 Å². The van der Waals surface area contributed by atoms with E-state index in [9.17, 15) is 24.3 Å². The van der Waals surface area contributed by atoms with Crippen LogP contribution in [0.3, 0.4) is 0 Å². The number of benzene rings is 3. The zero-order chi connectivity index (χ0) is 33.9. The third kappa shape index (κ3) is 9.11. The Balaban J connectivity index is 1.40. The number of primary amides is 1. The molecule has 47 heavy (non-hydrogen) atoms. The van der Waals surface area contributed by atoms with Crippen molar-refractivity contribution in [1.29, 1.82) is 0 Å². The van der Waals surface area contributed by atoms with Crippen LogP contribution in [0.5, 0.6) is 0 Å². The standard InChI is InChI=1S/C36H41N5O6/c1-4-10-31(42)23-16-18-24(19-17-23)39-33(43)30(15-9-20-38-35(37)45)40-34(44)32(22(2)3)41-36(46)47-21-29-27-13-7-5-11-25(27)26-12-6-8-14-28(26)29/h1,5-8,11-14,16-19,22,29-32,42H,9-10,15,20-21H2,2-3H3,(H,39,43)(H,40,44)(H,41,46)(H3,37,38,45)/t30-,31?,32-/m0/s1. The molecule has 3 aromatic carbocycles. The van der Waals surface area contributed by atoms with Crippen LogP contribution in [0.1, 0.15) is 61.8 Å². The highest BCUT2D eigenvalue weighted by atomic mass is 16.5. The van der Waals surface area contributed by atoms with Gasteiger partial charge in [-0.3, -0.25) is 9.59 Å². The number of urea groups is 1. The zero-order valence-electron chi connectivity index (χ0n) is 26.5. The van der Waals surface area contributed by atoms with Crippen molar-refractivity contribution in [2.24, 2.45) is 11.7 Å². The van der Waals surface area contributed by atoms with E-state index in [2.05, 4.69) is 27.2 Å². The molecule has 0 radical (unpaired) electrons. The van der Waals surface area contributed by atoms with Crippen molar-refractivity contribution in [2.75, 3.05) is 18.5 Å². The molecule has 246 valence electrons. The largest absolute Gasteiger partial charge is 0.449 e. The number of amides is 5. The smallest absolute Gasteiger partial charge is 0.407 e. The SMILES string of the molecule is C#CCC(O)c1ccc(NC(=O)[C@H](CCCNC(N)=O)NC(=O)[C@@H](NC(=O)OCC2c3ccccc3-c3ccccc32)C(C)C)cc1. The van der Waals surface area contributed by atoms with Crippen molar-refractivity contribution in [2.45, 2.75) is 57.2 Å². The van der Waals surface area contributed by atoms with Gasteiger partial charge in [0.2, 0.25) is 11.8 Å². The summed E-state index contributed by atoms with van der Waals surface area (Å²) in [6, 6.07) is 19.8. The molecule has 0 saturated carbocycles. The van der Waals surface area contributed by atoms with Gasteiger partial charge >= 0.3 is 12.1 Å². The topological polar surface area (TPSA) is 172 Å². The Morgan fingerprint density at radius 2 is 1.53 bits per heavy atom. The van der Waals surface area contributed by atoms with E-state index in [0.29, 0.717) is 17.7 Å². The Hall–Kier alpha value is -5.34. The summed E-state index contributed by atoms with van der Waals surface area (Å²) in [6.07, 6.45) is 4.37. The van der Waals surface area contributed by atoms with Crippen LogP contribution < -0.4 is 27.0 Å². The summed E-state index contributed by atoms with van der Waals surface area (Å²) in [5.74, 6) is 0.860. The monoisotopic (exact) mass is 639 g/mol. The molecular weight excluding hydrogens is 598 g/mol. The number of nitrogens with one attached hydrogen (secondary N) is 4. The van der Waals surface area contributed by atoms with E-state index < -0.39 is 42.1 Å². The highest BCUT2D eigenvalue weighted by molar-refractivity contribution is 5.98. The lowest BCUT2D eigenvalue weighted by atomic mass is 9.98. The first-order chi connectivity index (χ1) is 22.6. The van der Waals surface area contributed by atoms with Gasteiger partial charge in [0, 0.05) is 24.6 Å². The summed E-state index contributed by atoms with van der Waals surface area (Å²) >= 11 is 0. The average Bonchev–Trinajstić information content (AvgIpc) is 3.37. The Kier molecular flexibility index (Phi) is 12.0. The summed E-state index contributed by atoms with van der Waals surface area (Å²) in [7, 11) is 0. The summed E-state index contributed by atoms with van der Waals surface area (Å²) in [4.78, 5) is 51.0. The zero-order valence-corrected chi connectivity index (χ0v) is 26.5. The first kappa shape index (κ1) is 34.5. The number of rotatable bonds is 14. The first-order valence-electron chi connectivity index (χ1n) is 15.6. The normalized spacial score (nSPS) is 13.7. The quantitative estimate of drug-likeness (QED) is 0.114. The van der Waals surface area contributed by atoms with Gasteiger partial charge in [-0.1, -0.05) is 74.5 Å². The molecule has 1 aliphatic rings. The van der Waals surface area contributed by atoms with Crippen LogP contribution in [0, 0.1) is 18.3 Å². The van der Waals surface area contributed by atoms with Gasteiger partial charge in [-0.05, 0) is 58.7 Å². The highest BCUT2D eigenvalue weighted by Crippen LogP contribution is 2.44. The fraction of sp³-hybridized carbons (Fsp3) is 0.333. The van der Waals surface area contributed by atoms with Crippen LogP contribution >= 0.6 is 0 Å². The molecule has 11 heteroatoms. The van der Waals surface area contributed by atoms with Gasteiger partial charge in [0.15, 0.2) is 0 Å². The van der Waals surface area contributed by atoms with Crippen LogP contribution in [0.15, 0.2) is 72.8 Å². The van der Waals surface area contributed by atoms with Crippen LogP contribution in [0.2, 0.25) is 0 Å². The molecule has 0 aromatic heterocycles. The van der Waals surface area contributed by atoms with Gasteiger partial charge in [0.05, 0.1) is 6.10 Å². The van der Waals surface area contributed by atoms with Crippen molar-refractivity contribution >= 4 is 29.6 Å². The average molecular weight is 640 g/mol. The summed E-state index contributed by atoms with van der Waals surface area (Å²) in [6.45, 7) is 3.83. The van der Waals surface area contributed by atoms with Crippen molar-refractivity contribution in [3.8, 4) is 23.5 Å². The van der Waals surface area contributed by atoms with Crippen LogP contribution in [0.25, 0.3) is 11.1 Å². The molecule has 0 fully saturated rings. The minimum atomic E-state index is -1.01. The highest BCUT2D eigenvalue weighted by Gasteiger charge is 2.32. The van der Waals surface area contributed by atoms with E-state index in [1.165, 1.54) is 0 Å². The third-order valence-corrected chi connectivity index (χ3v) is 8.04. The van der Waals surface area contributed by atoms with E-state index in [0.717, 1.165) is 22.3 Å². The van der Waals surface area contributed by atoms with Gasteiger partial charge in [0.25, 0.3) is 0 Å². The summed E-state index contributed by atoms with van der Waals surface area (Å²) in [5.41, 5.74) is 10.5. The molecule has 5 amide bonds. The summed E-state index contributed by atoms with van der Waals surface area (Å²) < 4.78 is 5.66. The fourth-order valence-corrected chi connectivity index (χ4v) is 5.60. The molecule has 3 atom stereocenters. The summed E-state index contributed by atoms with van der Waals surface area (Å²) in [5, 5.41) is 20.8. The number of aliphatic hydroxyl groups excluding tert-OH is 1. The maximum atomic E-state index is 13.5. The number of ether oxygens (including phenoxy) is 1. The second-order valence-corrected chi connectivity index (χ2v) is 11.7. The van der Waals surface area contributed by atoms with Gasteiger partial charge < -0.3 is 36.8 Å². The van der Waals surface area contributed by atoms with Crippen molar-refractivity contribution in [3.63, 3.8) is 0 Å². The predicted molar refractivity (Wildman–Crippen MR) is 179 cm³/mol. The minimum absolute atomic E-state index is 0.0861. The molecule has 4 rings (SSSR count). The lowest BCUT2D eigenvalue weighted by Gasteiger charge is -2.25. The molecular formula is C36H41N5O6. The van der Waals surface area contributed by atoms with E-state index in [1.54, 1.807) is 38.1 Å². The maximum Gasteiger partial charge on any atom is 0.407 e. The number of alkyl carbamates (subject to hydrolysis) is 1. The Morgan fingerprint density at radius 1 is 0.915 bits per heavy atom. The minimum Gasteiger partial charge on any atom is -0.449 e. The van der Waals surface area contributed by atoms with Crippen LogP contribution in [0.4, 0.5) is 15.3 Å². The third-order valence-electron chi connectivity index (χ3n) is 8.04. The molecule has 0 saturated heterocycles. The Labute approximate surface area is 274 Å². The molecule has 3 aromatic rings. The van der Waals surface area contributed by atoms with Crippen LogP contribution in [-0.4, -0.2) is 54.3 Å². The molecule has 1 aliphatic carbocycles. The molecule has 1 unspecified atom stereocenters. The van der Waals surface area contributed by atoms with E-state index in [1.807, 2.05) is 48.5 Å². The molecule has 0 aliphatic heterocycles. The van der Waals surface area contributed by atoms with Crippen molar-refractivity contribution < 1.29 is 29.0 Å². The van der Waals surface area contributed by atoms with Crippen molar-refractivity contribution in [3.05, 3.63) is 89.5 Å². The van der Waals surface area contributed by atoms with Gasteiger partial charge in [-0.15, -0.1) is 12.3 Å². The number of terminal acetylenes is 1. The van der Waals surface area contributed by atoms with Gasteiger partial charge in [-0.2, -0.15) is 0 Å². The lowest BCUT2D eigenvalue weighted by molar-refractivity contribution is -0.128. The van der Waals surface area contributed by atoms with E-state index >= 15 is 0 Å². The number of hydrogen-bond acceptors (Lipinski definition) is 6. The van der Waals surface area contributed by atoms with E-state index in [4.69, 9.17) is 16.9 Å². The Bertz CT molecular complexity index is 1570. The second kappa shape index (κ2) is 16.3. The Morgan fingerprint density at radius 3 is 2.11 bits per heavy atom. The number of fused-ring (bicyclic) bond motifs is 3. The number of nitrogens with two attached hydrogens (primary N) is 1.